The number of benzene rings is 3. The summed E-state index contributed by atoms with van der Waals surface area (Å²) in [6, 6.07) is 12.4. The number of nitrogens with one attached hydrogen (secondary N) is 2. The molecule has 37 heavy (non-hydrogen) atoms. The van der Waals surface area contributed by atoms with Gasteiger partial charge in [0.15, 0.2) is 0 Å². The molecule has 1 aromatic heterocycles. The van der Waals surface area contributed by atoms with E-state index in [1.54, 1.807) is 18.2 Å². The van der Waals surface area contributed by atoms with Crippen molar-refractivity contribution in [3.05, 3.63) is 91.7 Å². The second-order valence-corrected chi connectivity index (χ2v) is 11.5. The van der Waals surface area contributed by atoms with Crippen LogP contribution in [0.15, 0.2) is 71.9 Å². The van der Waals surface area contributed by atoms with Crippen LogP contribution in [-0.2, 0) is 21.2 Å². The molecule has 0 aliphatic rings. The molecule has 190 valence electrons. The number of sulfonamides is 1. The van der Waals surface area contributed by atoms with Gasteiger partial charge >= 0.3 is 5.97 Å². The molecule has 0 aliphatic carbocycles. The third-order valence-corrected chi connectivity index (χ3v) is 8.06. The van der Waals surface area contributed by atoms with Crippen LogP contribution in [0.1, 0.15) is 15.9 Å². The van der Waals surface area contributed by atoms with E-state index >= 15 is 0 Å². The third kappa shape index (κ3) is 6.29. The van der Waals surface area contributed by atoms with Crippen molar-refractivity contribution in [3.8, 4) is 0 Å². The van der Waals surface area contributed by atoms with E-state index < -0.39 is 27.9 Å². The highest BCUT2D eigenvalue weighted by Gasteiger charge is 2.25. The Kier molecular flexibility index (Phi) is 8.17. The van der Waals surface area contributed by atoms with Crippen molar-refractivity contribution in [2.45, 2.75) is 17.4 Å². The normalized spacial score (nSPS) is 12.2. The molecule has 3 aromatic carbocycles. The minimum Gasteiger partial charge on any atom is -0.480 e. The third-order valence-electron chi connectivity index (χ3n) is 5.25. The van der Waals surface area contributed by atoms with Crippen LogP contribution in [0, 0.1) is 3.57 Å². The Morgan fingerprint density at radius 3 is 2.49 bits per heavy atom. The minimum atomic E-state index is -4.19. The van der Waals surface area contributed by atoms with E-state index in [0.717, 1.165) is 0 Å². The number of rotatable bonds is 8. The maximum Gasteiger partial charge on any atom is 0.326 e. The average Bonchev–Trinajstić information content (AvgIpc) is 2.85. The molecule has 0 fully saturated rings. The van der Waals surface area contributed by atoms with Crippen molar-refractivity contribution < 1.29 is 23.1 Å². The van der Waals surface area contributed by atoms with Gasteiger partial charge in [0, 0.05) is 22.4 Å². The molecule has 1 amide bonds. The zero-order valence-corrected chi connectivity index (χ0v) is 23.1. The van der Waals surface area contributed by atoms with Crippen LogP contribution >= 0.6 is 45.8 Å². The molecule has 0 saturated carbocycles. The number of carbonyl (C=O) groups excluding carboxylic acids is 1. The Morgan fingerprint density at radius 2 is 1.76 bits per heavy atom. The Bertz CT molecular complexity index is 1630. The second kappa shape index (κ2) is 11.2. The first kappa shape index (κ1) is 27.0. The number of aliphatic carboxylic acids is 1. The van der Waals surface area contributed by atoms with E-state index in [0.29, 0.717) is 19.7 Å². The van der Waals surface area contributed by atoms with Crippen LogP contribution in [0.3, 0.4) is 0 Å². The van der Waals surface area contributed by atoms with Gasteiger partial charge in [0.1, 0.15) is 16.5 Å². The molecule has 0 radical (unpaired) electrons. The predicted molar refractivity (Wildman–Crippen MR) is 149 cm³/mol. The molecule has 0 bridgehead atoms. The first-order valence-electron chi connectivity index (χ1n) is 10.5. The Hall–Kier alpha value is -3.00. The van der Waals surface area contributed by atoms with Gasteiger partial charge in [-0.15, -0.1) is 0 Å². The lowest BCUT2D eigenvalue weighted by atomic mass is 10.1. The summed E-state index contributed by atoms with van der Waals surface area (Å²) in [5, 5.41) is 12.7. The van der Waals surface area contributed by atoms with Gasteiger partial charge in [0.05, 0.1) is 26.8 Å². The number of para-hydroxylation sites is 1. The Balaban J connectivity index is 1.63. The van der Waals surface area contributed by atoms with E-state index in [1.165, 1.54) is 48.8 Å². The standard InChI is InChI=1S/C24H17Cl2IN4O5S/c25-16-7-4-13(10-17(16)26)11-20(24(33)34)30-23(32)15-6-5-14(27)12-19(15)31-37(35,36)21-3-1-2-18-22(21)29-9-8-28-18/h1-10,12,20,31H,11H2,(H,30,32)(H,33,34). The molecule has 9 nitrogen and oxygen atoms in total. The van der Waals surface area contributed by atoms with Gasteiger partial charge < -0.3 is 10.4 Å². The monoisotopic (exact) mass is 670 g/mol. The number of carboxylic acid groups (broad SMARTS) is 1. The molecule has 0 saturated heterocycles. The fraction of sp³-hybridized carbons (Fsp3) is 0.0833. The van der Waals surface area contributed by atoms with Gasteiger partial charge in [-0.3, -0.25) is 19.5 Å². The molecule has 1 heterocycles. The number of aromatic nitrogens is 2. The molecular formula is C24H17Cl2IN4O5S. The van der Waals surface area contributed by atoms with E-state index in [-0.39, 0.29) is 33.1 Å². The van der Waals surface area contributed by atoms with Gasteiger partial charge in [0.2, 0.25) is 0 Å². The molecule has 4 rings (SSSR count). The fourth-order valence-electron chi connectivity index (χ4n) is 3.52. The van der Waals surface area contributed by atoms with Gasteiger partial charge in [-0.25, -0.2) is 13.2 Å². The molecule has 13 heteroatoms. The molecule has 3 N–H and O–H groups in total. The zero-order chi connectivity index (χ0) is 26.7. The number of amides is 1. The summed E-state index contributed by atoms with van der Waals surface area (Å²) in [6.45, 7) is 0. The minimum absolute atomic E-state index is 0.0241. The molecule has 4 aromatic rings. The average molecular weight is 671 g/mol. The van der Waals surface area contributed by atoms with Crippen LogP contribution in [0.5, 0.6) is 0 Å². The smallest absolute Gasteiger partial charge is 0.326 e. The van der Waals surface area contributed by atoms with Gasteiger partial charge in [-0.1, -0.05) is 35.3 Å². The maximum atomic E-state index is 13.3. The molecular weight excluding hydrogens is 654 g/mol. The molecule has 1 atom stereocenters. The molecule has 0 spiro atoms. The number of anilines is 1. The SMILES string of the molecule is O=C(NC(Cc1ccc(Cl)c(Cl)c1)C(=O)O)c1ccc(I)cc1NS(=O)(=O)c1cccc2nccnc12. The lowest BCUT2D eigenvalue weighted by Crippen LogP contribution is -2.42. The first-order chi connectivity index (χ1) is 17.5. The summed E-state index contributed by atoms with van der Waals surface area (Å²) in [5.74, 6) is -2.05. The van der Waals surface area contributed by atoms with Crippen molar-refractivity contribution in [2.75, 3.05) is 4.72 Å². The number of fused-ring (bicyclic) bond motifs is 1. The highest BCUT2D eigenvalue weighted by Crippen LogP contribution is 2.27. The van der Waals surface area contributed by atoms with Crippen LogP contribution in [0.4, 0.5) is 5.69 Å². The van der Waals surface area contributed by atoms with Crippen LogP contribution in [0.2, 0.25) is 10.0 Å². The summed E-state index contributed by atoms with van der Waals surface area (Å²) >= 11 is 13.9. The lowest BCUT2D eigenvalue weighted by molar-refractivity contribution is -0.139. The topological polar surface area (TPSA) is 138 Å². The van der Waals surface area contributed by atoms with Gasteiger partial charge in [-0.2, -0.15) is 0 Å². The highest BCUT2D eigenvalue weighted by molar-refractivity contribution is 14.1. The van der Waals surface area contributed by atoms with Crippen molar-refractivity contribution in [2.24, 2.45) is 0 Å². The van der Waals surface area contributed by atoms with Gasteiger partial charge in [0.25, 0.3) is 15.9 Å². The summed E-state index contributed by atoms with van der Waals surface area (Å²) in [6.07, 6.45) is 2.76. The van der Waals surface area contributed by atoms with E-state index in [9.17, 15) is 23.1 Å². The summed E-state index contributed by atoms with van der Waals surface area (Å²) in [4.78, 5) is 33.2. The Labute approximate surface area is 235 Å². The molecule has 0 aliphatic heterocycles. The number of hydrogen-bond donors (Lipinski definition) is 3. The van der Waals surface area contributed by atoms with Gasteiger partial charge in [-0.05, 0) is 70.6 Å². The van der Waals surface area contributed by atoms with Crippen molar-refractivity contribution in [1.82, 2.24) is 15.3 Å². The largest absolute Gasteiger partial charge is 0.480 e. The zero-order valence-electron chi connectivity index (χ0n) is 18.7. The van der Waals surface area contributed by atoms with E-state index in [2.05, 4.69) is 20.0 Å². The summed E-state index contributed by atoms with van der Waals surface area (Å²) in [5.41, 5.74) is 1.02. The number of carboxylic acids is 1. The summed E-state index contributed by atoms with van der Waals surface area (Å²) < 4.78 is 29.7. The van der Waals surface area contributed by atoms with Crippen LogP contribution in [-0.4, -0.2) is 41.4 Å². The first-order valence-corrected chi connectivity index (χ1v) is 13.9. The second-order valence-electron chi connectivity index (χ2n) is 7.79. The predicted octanol–water partition coefficient (Wildman–Crippen LogP) is 4.77. The number of nitrogens with zero attached hydrogens (tertiary/aromatic N) is 2. The van der Waals surface area contributed by atoms with Crippen LogP contribution in [0.25, 0.3) is 11.0 Å². The fourth-order valence-corrected chi connectivity index (χ4v) is 5.57. The van der Waals surface area contributed by atoms with Crippen molar-refractivity contribution in [3.63, 3.8) is 0 Å². The van der Waals surface area contributed by atoms with E-state index in [1.807, 2.05) is 22.6 Å². The van der Waals surface area contributed by atoms with Crippen LogP contribution < -0.4 is 10.0 Å². The summed E-state index contributed by atoms with van der Waals surface area (Å²) in [7, 11) is -4.19. The number of hydrogen-bond acceptors (Lipinski definition) is 6. The van der Waals surface area contributed by atoms with E-state index in [4.69, 9.17) is 23.2 Å². The highest BCUT2D eigenvalue weighted by atomic mass is 127. The quantitative estimate of drug-likeness (QED) is 0.230. The van der Waals surface area contributed by atoms with Crippen molar-refractivity contribution in [1.29, 1.82) is 0 Å². The number of carbonyl (C=O) groups is 2. The van der Waals surface area contributed by atoms with Crippen molar-refractivity contribution >= 4 is 84.4 Å². The molecule has 1 unspecified atom stereocenters. The maximum absolute atomic E-state index is 13.3. The Morgan fingerprint density at radius 1 is 1.00 bits per heavy atom. The number of halogens is 3. The lowest BCUT2D eigenvalue weighted by Gasteiger charge is -2.18.